The Labute approximate surface area is 64.5 Å². The number of hydrogen-bond acceptors (Lipinski definition) is 4. The van der Waals surface area contributed by atoms with Gasteiger partial charge in [-0.3, -0.25) is 9.59 Å². The van der Waals surface area contributed by atoms with Gasteiger partial charge in [-0.2, -0.15) is 0 Å². The third-order valence-electron chi connectivity index (χ3n) is 1.15. The average Bonchev–Trinajstić information content (AvgIpc) is 1.82. The predicted octanol–water partition coefficient (Wildman–Crippen LogP) is -1.32. The van der Waals surface area contributed by atoms with E-state index in [2.05, 4.69) is 0 Å². The van der Waals surface area contributed by atoms with Crippen LogP contribution in [0, 0.1) is 5.92 Å². The van der Waals surface area contributed by atoms with E-state index in [1.54, 1.807) is 0 Å². The molecule has 0 aliphatic rings. The Morgan fingerprint density at radius 1 is 1.36 bits per heavy atom. The molecule has 5 nitrogen and oxygen atoms in total. The maximum atomic E-state index is 10.7. The lowest BCUT2D eigenvalue weighted by Gasteiger charge is -2.01. The number of carbonyl (C=O) groups excluding carboxylic acids is 2. The molecule has 0 aromatic rings. The third kappa shape index (κ3) is 2.67. The molecule has 1 atom stereocenters. The molecule has 0 bridgehead atoms. The van der Waals surface area contributed by atoms with Gasteiger partial charge in [-0.1, -0.05) is 0 Å². The lowest BCUT2D eigenvalue weighted by atomic mass is 10.2. The minimum atomic E-state index is -3.79. The Kier molecular flexibility index (Phi) is 2.75. The van der Waals surface area contributed by atoms with Crippen LogP contribution in [0.25, 0.3) is 0 Å². The molecule has 0 saturated carbocycles. The first-order chi connectivity index (χ1) is 4.76. The van der Waals surface area contributed by atoms with Crippen LogP contribution in [-0.2, 0) is 19.4 Å². The molecule has 1 amide bonds. The average molecular weight is 179 g/mol. The zero-order chi connectivity index (χ0) is 9.23. The molecule has 2 N–H and O–H groups in total. The Morgan fingerprint density at radius 2 is 1.73 bits per heavy atom. The first-order valence-electron chi connectivity index (χ1n) is 2.80. The first kappa shape index (κ1) is 10.1. The van der Waals surface area contributed by atoms with Crippen molar-refractivity contribution in [1.29, 1.82) is 0 Å². The second kappa shape index (κ2) is 3.00. The first-order valence-corrected chi connectivity index (χ1v) is 4.69. The largest absolute Gasteiger partial charge is 0.369 e. The summed E-state index contributed by atoms with van der Waals surface area (Å²) in [6.45, 7) is 1.16. The van der Waals surface area contributed by atoms with Crippen LogP contribution >= 0.6 is 0 Å². The summed E-state index contributed by atoms with van der Waals surface area (Å²) in [4.78, 5) is 21.0. The highest BCUT2D eigenvalue weighted by Crippen LogP contribution is 2.00. The van der Waals surface area contributed by atoms with Gasteiger partial charge in [0.2, 0.25) is 15.7 Å². The fourth-order valence-corrected chi connectivity index (χ4v) is 1.20. The van der Waals surface area contributed by atoms with Gasteiger partial charge < -0.3 is 5.73 Å². The Balaban J connectivity index is 4.67. The van der Waals surface area contributed by atoms with Gasteiger partial charge in [0.1, 0.15) is 5.92 Å². The topological polar surface area (TPSA) is 94.3 Å². The lowest BCUT2D eigenvalue weighted by Crippen LogP contribution is -2.32. The predicted molar refractivity (Wildman–Crippen MR) is 38.2 cm³/mol. The molecule has 0 rings (SSSR count). The van der Waals surface area contributed by atoms with Gasteiger partial charge in [-0.25, -0.2) is 8.42 Å². The van der Waals surface area contributed by atoms with Crippen LogP contribution in [0.4, 0.5) is 0 Å². The molecule has 0 spiro atoms. The molecular formula is C5H9NO4S. The van der Waals surface area contributed by atoms with Crippen LogP contribution in [0.2, 0.25) is 0 Å². The highest BCUT2D eigenvalue weighted by molar-refractivity contribution is 8.05. The lowest BCUT2D eigenvalue weighted by molar-refractivity contribution is -0.127. The molecule has 6 heteroatoms. The molecule has 0 saturated heterocycles. The van der Waals surface area contributed by atoms with E-state index in [9.17, 15) is 18.0 Å². The number of hydrogen-bond donors (Lipinski definition) is 1. The van der Waals surface area contributed by atoms with E-state index in [-0.39, 0.29) is 0 Å². The molecular weight excluding hydrogens is 170 g/mol. The number of amides is 1. The van der Waals surface area contributed by atoms with Crippen LogP contribution < -0.4 is 5.73 Å². The van der Waals surface area contributed by atoms with Gasteiger partial charge in [0, 0.05) is 6.26 Å². The quantitative estimate of drug-likeness (QED) is 0.532. The van der Waals surface area contributed by atoms with Crippen LogP contribution in [-0.4, -0.2) is 25.7 Å². The Bertz CT molecular complexity index is 279. The third-order valence-corrected chi connectivity index (χ3v) is 2.23. The summed E-state index contributed by atoms with van der Waals surface area (Å²) >= 11 is 0. The highest BCUT2D eigenvalue weighted by Gasteiger charge is 2.27. The summed E-state index contributed by atoms with van der Waals surface area (Å²) in [5, 5.41) is -1.13. The van der Waals surface area contributed by atoms with Crippen LogP contribution in [0.5, 0.6) is 0 Å². The molecule has 0 aromatic carbocycles. The number of carbonyl (C=O) groups is 2. The molecule has 1 unspecified atom stereocenters. The van der Waals surface area contributed by atoms with E-state index < -0.39 is 26.8 Å². The summed E-state index contributed by atoms with van der Waals surface area (Å²) in [6.07, 6.45) is 0.745. The molecule has 0 radical (unpaired) electrons. The van der Waals surface area contributed by atoms with E-state index in [1.165, 1.54) is 0 Å². The van der Waals surface area contributed by atoms with Crippen molar-refractivity contribution in [2.75, 3.05) is 6.26 Å². The number of sulfone groups is 1. The summed E-state index contributed by atoms with van der Waals surface area (Å²) in [7, 11) is -3.79. The van der Waals surface area contributed by atoms with E-state index in [0.717, 1.165) is 13.2 Å². The van der Waals surface area contributed by atoms with Crippen LogP contribution in [0.15, 0.2) is 0 Å². The van der Waals surface area contributed by atoms with E-state index in [1.807, 2.05) is 0 Å². The van der Waals surface area contributed by atoms with Crippen molar-refractivity contribution >= 4 is 20.9 Å². The number of primary amides is 1. The fourth-order valence-electron chi connectivity index (χ4n) is 0.437. The van der Waals surface area contributed by atoms with Crippen LogP contribution in [0.1, 0.15) is 6.92 Å². The smallest absolute Gasteiger partial charge is 0.258 e. The summed E-state index contributed by atoms with van der Waals surface area (Å²) in [5.74, 6) is -2.19. The van der Waals surface area contributed by atoms with Crippen molar-refractivity contribution in [1.82, 2.24) is 0 Å². The molecule has 64 valence electrons. The standard InChI is InChI=1S/C5H9NO4S/c1-3(4(6)7)5(8)11(2,9)10/h3H,1-2H3,(H2,6,7). The minimum Gasteiger partial charge on any atom is -0.369 e. The van der Waals surface area contributed by atoms with Gasteiger partial charge >= 0.3 is 0 Å². The molecule has 0 fully saturated rings. The molecule has 0 aliphatic heterocycles. The summed E-state index contributed by atoms with van der Waals surface area (Å²) in [6, 6.07) is 0. The number of rotatable bonds is 2. The van der Waals surface area contributed by atoms with Crippen molar-refractivity contribution in [3.05, 3.63) is 0 Å². The monoisotopic (exact) mass is 179 g/mol. The van der Waals surface area contributed by atoms with Gasteiger partial charge in [0.25, 0.3) is 5.12 Å². The summed E-state index contributed by atoms with van der Waals surface area (Å²) < 4.78 is 21.0. The van der Waals surface area contributed by atoms with Gasteiger partial charge in [0.15, 0.2) is 0 Å². The van der Waals surface area contributed by atoms with Crippen molar-refractivity contribution < 1.29 is 18.0 Å². The Morgan fingerprint density at radius 3 is 1.82 bits per heavy atom. The van der Waals surface area contributed by atoms with E-state index in [4.69, 9.17) is 5.73 Å². The fraction of sp³-hybridized carbons (Fsp3) is 0.600. The van der Waals surface area contributed by atoms with E-state index in [0.29, 0.717) is 0 Å². The van der Waals surface area contributed by atoms with Crippen molar-refractivity contribution in [2.45, 2.75) is 6.92 Å². The number of nitrogens with two attached hydrogens (primary N) is 1. The highest BCUT2D eigenvalue weighted by atomic mass is 32.2. The van der Waals surface area contributed by atoms with Crippen LogP contribution in [0.3, 0.4) is 0 Å². The zero-order valence-corrected chi connectivity index (χ0v) is 7.01. The second-order valence-corrected chi connectivity index (χ2v) is 4.16. The maximum absolute atomic E-state index is 10.7. The van der Waals surface area contributed by atoms with Gasteiger partial charge in [-0.05, 0) is 6.92 Å². The maximum Gasteiger partial charge on any atom is 0.258 e. The zero-order valence-electron chi connectivity index (χ0n) is 6.20. The Hall–Kier alpha value is -0.910. The SMILES string of the molecule is CC(C(N)=O)C(=O)S(C)(=O)=O. The van der Waals surface area contributed by atoms with Crippen molar-refractivity contribution in [3.63, 3.8) is 0 Å². The molecule has 0 aliphatic carbocycles. The van der Waals surface area contributed by atoms with E-state index >= 15 is 0 Å². The normalized spacial score (nSPS) is 14.0. The summed E-state index contributed by atoms with van der Waals surface area (Å²) in [5.41, 5.74) is 4.71. The van der Waals surface area contributed by atoms with Gasteiger partial charge in [-0.15, -0.1) is 0 Å². The van der Waals surface area contributed by atoms with Crippen molar-refractivity contribution in [2.24, 2.45) is 11.7 Å². The van der Waals surface area contributed by atoms with Crippen molar-refractivity contribution in [3.8, 4) is 0 Å². The van der Waals surface area contributed by atoms with Gasteiger partial charge in [0.05, 0.1) is 0 Å². The molecule has 0 aromatic heterocycles. The minimum absolute atomic E-state index is 0.745. The molecule has 11 heavy (non-hydrogen) atoms. The molecule has 0 heterocycles. The second-order valence-electron chi connectivity index (χ2n) is 2.22.